The number of nitrogens with one attached hydrogen (secondary N) is 2. The van der Waals surface area contributed by atoms with Crippen molar-refractivity contribution in [2.45, 2.75) is 13.0 Å². The van der Waals surface area contributed by atoms with Crippen molar-refractivity contribution < 1.29 is 4.79 Å². The van der Waals surface area contributed by atoms with Gasteiger partial charge >= 0.3 is 6.03 Å². The van der Waals surface area contributed by atoms with Crippen LogP contribution < -0.4 is 10.7 Å². The molecule has 0 aliphatic rings. The Kier molecular flexibility index (Phi) is 4.08. The molecule has 2 amide bonds. The Labute approximate surface area is 145 Å². The molecule has 0 saturated carbocycles. The molecule has 2 aromatic carbocycles. The Morgan fingerprint density at radius 1 is 1.00 bits per heavy atom. The first kappa shape index (κ1) is 15.3. The Balaban J connectivity index is 1.29. The maximum absolute atomic E-state index is 12.1. The summed E-state index contributed by atoms with van der Waals surface area (Å²) in [4.78, 5) is 16.3. The molecular weight excluding hydrogens is 314 g/mol. The van der Waals surface area contributed by atoms with E-state index in [1.807, 2.05) is 36.4 Å². The molecule has 2 heterocycles. The number of para-hydroxylation sites is 3. The molecule has 0 radical (unpaired) electrons. The van der Waals surface area contributed by atoms with Gasteiger partial charge in [-0.15, -0.1) is 0 Å². The van der Waals surface area contributed by atoms with E-state index in [2.05, 4.69) is 44.7 Å². The number of hydrogen-bond donors (Lipinski definition) is 2. The molecule has 4 aromatic rings. The molecule has 0 saturated heterocycles. The first-order chi connectivity index (χ1) is 12.3. The van der Waals surface area contributed by atoms with E-state index in [0.29, 0.717) is 6.54 Å². The van der Waals surface area contributed by atoms with Crippen molar-refractivity contribution in [3.05, 3.63) is 67.1 Å². The van der Waals surface area contributed by atoms with E-state index >= 15 is 0 Å². The minimum absolute atomic E-state index is 0.236. The lowest BCUT2D eigenvalue weighted by atomic mass is 10.2. The van der Waals surface area contributed by atoms with Gasteiger partial charge in [-0.3, -0.25) is 0 Å². The topological polar surface area (TPSA) is 63.9 Å². The Morgan fingerprint density at radius 3 is 2.72 bits per heavy atom. The number of fused-ring (bicyclic) bond motifs is 2. The van der Waals surface area contributed by atoms with Gasteiger partial charge in [-0.05, 0) is 36.1 Å². The van der Waals surface area contributed by atoms with Crippen molar-refractivity contribution >= 4 is 28.0 Å². The SMILES string of the molecule is O=C(NCCCn1ccc2ccccc21)Nn1cnc2ccccc21. The summed E-state index contributed by atoms with van der Waals surface area (Å²) in [6, 6.07) is 17.8. The molecule has 0 spiro atoms. The minimum Gasteiger partial charge on any atom is -0.347 e. The lowest BCUT2D eigenvalue weighted by molar-refractivity contribution is 0.249. The molecule has 25 heavy (non-hydrogen) atoms. The van der Waals surface area contributed by atoms with E-state index in [9.17, 15) is 4.79 Å². The highest BCUT2D eigenvalue weighted by atomic mass is 16.2. The van der Waals surface area contributed by atoms with Crippen LogP contribution in [0.3, 0.4) is 0 Å². The summed E-state index contributed by atoms with van der Waals surface area (Å²) in [6.07, 6.45) is 4.55. The number of rotatable bonds is 5. The molecule has 0 atom stereocenters. The van der Waals surface area contributed by atoms with Crippen LogP contribution in [0.15, 0.2) is 67.1 Å². The predicted octanol–water partition coefficient (Wildman–Crippen LogP) is 3.33. The van der Waals surface area contributed by atoms with E-state index in [0.717, 1.165) is 24.0 Å². The maximum atomic E-state index is 12.1. The molecule has 126 valence electrons. The molecule has 2 aromatic heterocycles. The third kappa shape index (κ3) is 3.19. The van der Waals surface area contributed by atoms with Crippen molar-refractivity contribution in [2.24, 2.45) is 0 Å². The standard InChI is InChI=1S/C19H19N5O/c25-19(22-24-14-21-16-7-2-4-9-18(16)24)20-11-5-12-23-13-10-15-6-1-3-8-17(15)23/h1-4,6-10,13-14H,5,11-12H2,(H2,20,22,25). The number of nitrogens with zero attached hydrogens (tertiary/aromatic N) is 3. The van der Waals surface area contributed by atoms with Crippen LogP contribution in [0.1, 0.15) is 6.42 Å². The highest BCUT2D eigenvalue weighted by molar-refractivity contribution is 5.85. The third-order valence-corrected chi connectivity index (χ3v) is 4.22. The number of aryl methyl sites for hydroxylation is 1. The summed E-state index contributed by atoms with van der Waals surface area (Å²) < 4.78 is 3.84. The molecule has 4 rings (SSSR count). The summed E-state index contributed by atoms with van der Waals surface area (Å²) in [7, 11) is 0. The van der Waals surface area contributed by atoms with Gasteiger partial charge in [0.05, 0.1) is 11.0 Å². The zero-order valence-corrected chi connectivity index (χ0v) is 13.7. The largest absolute Gasteiger partial charge is 0.347 e. The molecule has 2 N–H and O–H groups in total. The van der Waals surface area contributed by atoms with Crippen molar-refractivity contribution in [3.8, 4) is 0 Å². The summed E-state index contributed by atoms with van der Waals surface area (Å²) in [5.41, 5.74) is 5.73. The minimum atomic E-state index is -0.236. The second kappa shape index (κ2) is 6.68. The van der Waals surface area contributed by atoms with E-state index in [1.54, 1.807) is 11.0 Å². The highest BCUT2D eigenvalue weighted by Gasteiger charge is 2.05. The number of hydrogen-bond acceptors (Lipinski definition) is 2. The molecule has 0 bridgehead atoms. The fourth-order valence-electron chi connectivity index (χ4n) is 2.98. The van der Waals surface area contributed by atoms with E-state index in [4.69, 9.17) is 0 Å². The van der Waals surface area contributed by atoms with Crippen molar-refractivity contribution in [2.75, 3.05) is 12.0 Å². The Morgan fingerprint density at radius 2 is 1.80 bits per heavy atom. The van der Waals surface area contributed by atoms with E-state index < -0.39 is 0 Å². The van der Waals surface area contributed by atoms with E-state index in [-0.39, 0.29) is 6.03 Å². The zero-order chi connectivity index (χ0) is 17.1. The van der Waals surface area contributed by atoms with Crippen LogP contribution in [-0.4, -0.2) is 26.8 Å². The monoisotopic (exact) mass is 333 g/mol. The third-order valence-electron chi connectivity index (χ3n) is 4.22. The lowest BCUT2D eigenvalue weighted by Crippen LogP contribution is -2.34. The first-order valence-corrected chi connectivity index (χ1v) is 8.32. The van der Waals surface area contributed by atoms with Crippen molar-refractivity contribution in [1.29, 1.82) is 0 Å². The van der Waals surface area contributed by atoms with Crippen LogP contribution >= 0.6 is 0 Å². The van der Waals surface area contributed by atoms with Crippen LogP contribution in [0.2, 0.25) is 0 Å². The van der Waals surface area contributed by atoms with Gasteiger partial charge in [0.1, 0.15) is 6.33 Å². The smallest absolute Gasteiger partial charge is 0.333 e. The predicted molar refractivity (Wildman–Crippen MR) is 99.0 cm³/mol. The number of benzene rings is 2. The average Bonchev–Trinajstić information content (AvgIpc) is 3.24. The molecule has 0 aliphatic carbocycles. The number of urea groups is 1. The molecule has 0 unspecified atom stereocenters. The number of imidazole rings is 1. The summed E-state index contributed by atoms with van der Waals surface area (Å²) >= 11 is 0. The van der Waals surface area contributed by atoms with Crippen LogP contribution in [0.4, 0.5) is 4.79 Å². The van der Waals surface area contributed by atoms with Gasteiger partial charge < -0.3 is 9.88 Å². The molecule has 0 aliphatic heterocycles. The lowest BCUT2D eigenvalue weighted by Gasteiger charge is -2.10. The second-order valence-electron chi connectivity index (χ2n) is 5.89. The fraction of sp³-hybridized carbons (Fsp3) is 0.158. The fourth-order valence-corrected chi connectivity index (χ4v) is 2.98. The van der Waals surface area contributed by atoms with Gasteiger partial charge in [-0.1, -0.05) is 30.3 Å². The van der Waals surface area contributed by atoms with Crippen LogP contribution in [-0.2, 0) is 6.54 Å². The number of amides is 2. The van der Waals surface area contributed by atoms with Gasteiger partial charge in [-0.25, -0.2) is 19.9 Å². The van der Waals surface area contributed by atoms with Gasteiger partial charge in [-0.2, -0.15) is 0 Å². The molecular formula is C19H19N5O. The van der Waals surface area contributed by atoms with E-state index in [1.165, 1.54) is 10.9 Å². The number of carbonyl (C=O) groups is 1. The van der Waals surface area contributed by atoms with Gasteiger partial charge in [0.2, 0.25) is 0 Å². The van der Waals surface area contributed by atoms with Gasteiger partial charge in [0, 0.05) is 24.8 Å². The van der Waals surface area contributed by atoms with Gasteiger partial charge in [0.25, 0.3) is 0 Å². The number of carbonyl (C=O) groups excluding carboxylic acids is 1. The summed E-state index contributed by atoms with van der Waals surface area (Å²) in [5, 5.41) is 4.12. The number of aromatic nitrogens is 3. The van der Waals surface area contributed by atoms with Crippen LogP contribution in [0, 0.1) is 0 Å². The average molecular weight is 333 g/mol. The Bertz CT molecular complexity index is 1020. The normalized spacial score (nSPS) is 11.0. The van der Waals surface area contributed by atoms with Crippen molar-refractivity contribution in [1.82, 2.24) is 19.5 Å². The zero-order valence-electron chi connectivity index (χ0n) is 13.7. The second-order valence-corrected chi connectivity index (χ2v) is 5.89. The first-order valence-electron chi connectivity index (χ1n) is 8.32. The van der Waals surface area contributed by atoms with Crippen LogP contribution in [0.25, 0.3) is 21.9 Å². The summed E-state index contributed by atoms with van der Waals surface area (Å²) in [5.74, 6) is 0. The highest BCUT2D eigenvalue weighted by Crippen LogP contribution is 2.15. The maximum Gasteiger partial charge on any atom is 0.333 e. The quantitative estimate of drug-likeness (QED) is 0.550. The van der Waals surface area contributed by atoms with Crippen molar-refractivity contribution in [3.63, 3.8) is 0 Å². The molecule has 6 heteroatoms. The van der Waals surface area contributed by atoms with Crippen LogP contribution in [0.5, 0.6) is 0 Å². The molecule has 0 fully saturated rings. The molecule has 6 nitrogen and oxygen atoms in total. The van der Waals surface area contributed by atoms with Gasteiger partial charge in [0.15, 0.2) is 0 Å². The summed E-state index contributed by atoms with van der Waals surface area (Å²) in [6.45, 7) is 1.47. The Hall–Kier alpha value is -3.28.